The molecule has 148 valence electrons. The first kappa shape index (κ1) is 19.6. The Balaban J connectivity index is 1.93. The first-order chi connectivity index (χ1) is 12.8. The lowest BCUT2D eigenvalue weighted by molar-refractivity contribution is -0.147. The van der Waals surface area contributed by atoms with Gasteiger partial charge in [0.05, 0.1) is 12.0 Å². The summed E-state index contributed by atoms with van der Waals surface area (Å²) < 4.78 is 31.9. The van der Waals surface area contributed by atoms with Gasteiger partial charge in [0.25, 0.3) is 5.91 Å². The van der Waals surface area contributed by atoms with Gasteiger partial charge in [-0.05, 0) is 50.3 Å². The highest BCUT2D eigenvalue weighted by Crippen LogP contribution is 2.26. The van der Waals surface area contributed by atoms with Crippen molar-refractivity contribution in [3.63, 3.8) is 0 Å². The summed E-state index contributed by atoms with van der Waals surface area (Å²) in [6.07, 6.45) is 3.78. The summed E-state index contributed by atoms with van der Waals surface area (Å²) in [7, 11) is -2.40. The van der Waals surface area contributed by atoms with Gasteiger partial charge in [-0.1, -0.05) is 0 Å². The molecule has 27 heavy (non-hydrogen) atoms. The van der Waals surface area contributed by atoms with E-state index in [0.29, 0.717) is 26.1 Å². The van der Waals surface area contributed by atoms with Crippen molar-refractivity contribution in [2.45, 2.75) is 43.0 Å². The van der Waals surface area contributed by atoms with E-state index in [1.807, 2.05) is 0 Å². The molecule has 2 fully saturated rings. The molecule has 2 aliphatic rings. The average molecular weight is 395 g/mol. The maximum atomic E-state index is 13.0. The lowest BCUT2D eigenvalue weighted by Gasteiger charge is -2.34. The number of piperidine rings is 1. The SMILES string of the molecule is COC(=O)[C@H]1CCCCN1C(=O)c1cc(N)cc(S(=O)(=O)N2CCCC2)c1. The molecule has 2 saturated heterocycles. The number of anilines is 1. The molecular weight excluding hydrogens is 370 g/mol. The second-order valence-corrected chi connectivity index (χ2v) is 8.87. The quantitative estimate of drug-likeness (QED) is 0.606. The number of rotatable bonds is 4. The molecule has 0 aliphatic carbocycles. The minimum Gasteiger partial charge on any atom is -0.467 e. The van der Waals surface area contributed by atoms with Gasteiger partial charge in [0.1, 0.15) is 6.04 Å². The van der Waals surface area contributed by atoms with Crippen LogP contribution in [0.15, 0.2) is 23.1 Å². The highest BCUT2D eigenvalue weighted by atomic mass is 32.2. The van der Waals surface area contributed by atoms with Crippen LogP contribution in [0.1, 0.15) is 42.5 Å². The number of likely N-dealkylation sites (tertiary alicyclic amines) is 1. The number of hydrogen-bond acceptors (Lipinski definition) is 6. The maximum absolute atomic E-state index is 13.0. The van der Waals surface area contributed by atoms with E-state index < -0.39 is 27.9 Å². The zero-order chi connectivity index (χ0) is 19.6. The Morgan fingerprint density at radius 3 is 2.41 bits per heavy atom. The van der Waals surface area contributed by atoms with E-state index >= 15 is 0 Å². The molecule has 0 unspecified atom stereocenters. The van der Waals surface area contributed by atoms with Crippen LogP contribution in [0.5, 0.6) is 0 Å². The molecule has 9 heteroatoms. The predicted octanol–water partition coefficient (Wildman–Crippen LogP) is 1.22. The van der Waals surface area contributed by atoms with Crippen molar-refractivity contribution in [3.8, 4) is 0 Å². The minimum absolute atomic E-state index is 0.0133. The Labute approximate surface area is 159 Å². The van der Waals surface area contributed by atoms with Crippen molar-refractivity contribution in [3.05, 3.63) is 23.8 Å². The summed E-state index contributed by atoms with van der Waals surface area (Å²) in [4.78, 5) is 26.5. The van der Waals surface area contributed by atoms with Gasteiger partial charge in [0, 0.05) is 30.9 Å². The second kappa shape index (κ2) is 7.85. The van der Waals surface area contributed by atoms with E-state index in [4.69, 9.17) is 10.5 Å². The largest absolute Gasteiger partial charge is 0.467 e. The fourth-order valence-corrected chi connectivity index (χ4v) is 5.29. The van der Waals surface area contributed by atoms with Crippen LogP contribution in [0.4, 0.5) is 5.69 Å². The monoisotopic (exact) mass is 395 g/mol. The molecule has 0 spiro atoms. The summed E-state index contributed by atoms with van der Waals surface area (Å²) >= 11 is 0. The molecule has 2 N–H and O–H groups in total. The van der Waals surface area contributed by atoms with E-state index in [9.17, 15) is 18.0 Å². The van der Waals surface area contributed by atoms with Gasteiger partial charge < -0.3 is 15.4 Å². The van der Waals surface area contributed by atoms with Crippen LogP contribution in [0, 0.1) is 0 Å². The molecule has 0 aromatic heterocycles. The number of hydrogen-bond donors (Lipinski definition) is 1. The van der Waals surface area contributed by atoms with Crippen LogP contribution in [0.3, 0.4) is 0 Å². The zero-order valence-corrected chi connectivity index (χ0v) is 16.2. The van der Waals surface area contributed by atoms with Gasteiger partial charge in [-0.3, -0.25) is 4.79 Å². The highest BCUT2D eigenvalue weighted by molar-refractivity contribution is 7.89. The van der Waals surface area contributed by atoms with Crippen LogP contribution in [0.25, 0.3) is 0 Å². The molecule has 3 rings (SSSR count). The van der Waals surface area contributed by atoms with Gasteiger partial charge in [-0.2, -0.15) is 4.31 Å². The average Bonchev–Trinajstić information content (AvgIpc) is 3.22. The van der Waals surface area contributed by atoms with Gasteiger partial charge in [0.15, 0.2) is 0 Å². The number of nitrogens with two attached hydrogens (primary N) is 1. The maximum Gasteiger partial charge on any atom is 0.328 e. The van der Waals surface area contributed by atoms with Crippen molar-refractivity contribution < 1.29 is 22.7 Å². The Bertz CT molecular complexity index is 833. The van der Waals surface area contributed by atoms with Crippen LogP contribution >= 0.6 is 0 Å². The fourth-order valence-electron chi connectivity index (χ4n) is 3.69. The Morgan fingerprint density at radius 2 is 1.74 bits per heavy atom. The lowest BCUT2D eigenvalue weighted by Crippen LogP contribution is -2.48. The topological polar surface area (TPSA) is 110 Å². The van der Waals surface area contributed by atoms with E-state index in [0.717, 1.165) is 25.7 Å². The second-order valence-electron chi connectivity index (χ2n) is 6.94. The van der Waals surface area contributed by atoms with Crippen LogP contribution in [0.2, 0.25) is 0 Å². The molecule has 1 amide bonds. The van der Waals surface area contributed by atoms with Gasteiger partial charge >= 0.3 is 5.97 Å². The van der Waals surface area contributed by atoms with Crippen molar-refractivity contribution in [2.75, 3.05) is 32.5 Å². The first-order valence-corrected chi connectivity index (χ1v) is 10.6. The molecule has 0 radical (unpaired) electrons. The Hall–Kier alpha value is -2.13. The van der Waals surface area contributed by atoms with Gasteiger partial charge in [-0.15, -0.1) is 0 Å². The number of amides is 1. The van der Waals surface area contributed by atoms with Gasteiger partial charge in [-0.25, -0.2) is 13.2 Å². The normalized spacial score (nSPS) is 21.2. The third-order valence-corrected chi connectivity index (χ3v) is 6.99. The molecular formula is C18H25N3O5S. The van der Waals surface area contributed by atoms with Crippen molar-refractivity contribution in [2.24, 2.45) is 0 Å². The lowest BCUT2D eigenvalue weighted by atomic mass is 10.0. The fraction of sp³-hybridized carbons (Fsp3) is 0.556. The summed E-state index contributed by atoms with van der Waals surface area (Å²) in [5.74, 6) is -0.868. The van der Waals surface area contributed by atoms with Crippen molar-refractivity contribution in [1.82, 2.24) is 9.21 Å². The number of carbonyl (C=O) groups excluding carboxylic acids is 2. The molecule has 1 aromatic carbocycles. The van der Waals surface area contributed by atoms with Crippen LogP contribution in [-0.4, -0.2) is 62.3 Å². The number of esters is 1. The van der Waals surface area contributed by atoms with E-state index in [1.54, 1.807) is 0 Å². The first-order valence-electron chi connectivity index (χ1n) is 9.14. The van der Waals surface area contributed by atoms with Crippen LogP contribution < -0.4 is 5.73 Å². The number of ether oxygens (including phenoxy) is 1. The number of methoxy groups -OCH3 is 1. The number of sulfonamides is 1. The molecule has 1 aromatic rings. The van der Waals surface area contributed by atoms with Gasteiger partial charge in [0.2, 0.25) is 10.0 Å². The molecule has 0 saturated carbocycles. The predicted molar refractivity (Wildman–Crippen MR) is 99.5 cm³/mol. The third kappa shape index (κ3) is 3.93. The standard InChI is InChI=1S/C18H25N3O5S/c1-26-18(23)16-6-2-3-9-21(16)17(22)13-10-14(19)12-15(11-13)27(24,25)20-7-4-5-8-20/h10-12,16H,2-9,19H2,1H3/t16-/m1/s1. The van der Waals surface area contributed by atoms with Crippen LogP contribution in [-0.2, 0) is 19.6 Å². The number of nitrogens with zero attached hydrogens (tertiary/aromatic N) is 2. The minimum atomic E-state index is -3.69. The molecule has 0 bridgehead atoms. The Kier molecular flexibility index (Phi) is 5.71. The van der Waals surface area contributed by atoms with Crippen molar-refractivity contribution >= 4 is 27.6 Å². The number of benzene rings is 1. The smallest absolute Gasteiger partial charge is 0.328 e. The van der Waals surface area contributed by atoms with E-state index in [2.05, 4.69) is 0 Å². The summed E-state index contributed by atoms with van der Waals surface area (Å²) in [5.41, 5.74) is 6.27. The van der Waals surface area contributed by atoms with Crippen molar-refractivity contribution in [1.29, 1.82) is 0 Å². The molecule has 2 aliphatic heterocycles. The highest BCUT2D eigenvalue weighted by Gasteiger charge is 2.34. The zero-order valence-electron chi connectivity index (χ0n) is 15.4. The van der Waals surface area contributed by atoms with E-state index in [1.165, 1.54) is 34.5 Å². The Morgan fingerprint density at radius 1 is 1.07 bits per heavy atom. The molecule has 8 nitrogen and oxygen atoms in total. The summed E-state index contributed by atoms with van der Waals surface area (Å²) in [6, 6.07) is 3.53. The summed E-state index contributed by atoms with van der Waals surface area (Å²) in [5, 5.41) is 0. The number of carbonyl (C=O) groups is 2. The summed E-state index contributed by atoms with van der Waals surface area (Å²) in [6.45, 7) is 1.36. The molecule has 1 atom stereocenters. The molecule has 2 heterocycles. The number of nitrogen functional groups attached to an aromatic ring is 1. The van der Waals surface area contributed by atoms with E-state index in [-0.39, 0.29) is 16.1 Å². The third-order valence-electron chi connectivity index (χ3n) is 5.12.